The van der Waals surface area contributed by atoms with Gasteiger partial charge in [0, 0.05) is 35.1 Å². The van der Waals surface area contributed by atoms with Crippen LogP contribution in [0.1, 0.15) is 24.2 Å². The summed E-state index contributed by atoms with van der Waals surface area (Å²) in [5.41, 5.74) is 3.95. The van der Waals surface area contributed by atoms with E-state index in [2.05, 4.69) is 30.9 Å². The van der Waals surface area contributed by atoms with E-state index in [0.717, 1.165) is 41.7 Å². The second kappa shape index (κ2) is 8.41. The van der Waals surface area contributed by atoms with Gasteiger partial charge in [0.15, 0.2) is 6.29 Å². The van der Waals surface area contributed by atoms with Crippen molar-refractivity contribution < 1.29 is 4.79 Å². The standard InChI is InChI=1S/C12H10N2.C11H15NO/c13-14-11-7-3-1-5-9(11)10-6-2-4-8-12(10)14;1-3-12(4-2)11-8-6-5-7-10(11)9-13/h1-8H,13H2;5-9H,3-4H2,1-2H3. The second-order valence-corrected chi connectivity index (χ2v) is 6.25. The predicted molar refractivity (Wildman–Crippen MR) is 115 cm³/mol. The van der Waals surface area contributed by atoms with Crippen LogP contribution in [0.5, 0.6) is 0 Å². The summed E-state index contributed by atoms with van der Waals surface area (Å²) in [6.45, 7) is 6.04. The quantitative estimate of drug-likeness (QED) is 0.418. The van der Waals surface area contributed by atoms with Crippen LogP contribution >= 0.6 is 0 Å². The number of nitrogens with two attached hydrogens (primary N) is 1. The van der Waals surface area contributed by atoms with Crippen molar-refractivity contribution in [2.45, 2.75) is 13.8 Å². The smallest absolute Gasteiger partial charge is 0.152 e. The molecule has 4 nitrogen and oxygen atoms in total. The van der Waals surface area contributed by atoms with E-state index < -0.39 is 0 Å². The number of anilines is 1. The van der Waals surface area contributed by atoms with Gasteiger partial charge in [-0.1, -0.05) is 48.5 Å². The number of nitrogens with zero attached hydrogens (tertiary/aromatic N) is 2. The van der Waals surface area contributed by atoms with Gasteiger partial charge in [0.2, 0.25) is 0 Å². The molecule has 0 unspecified atom stereocenters. The van der Waals surface area contributed by atoms with Gasteiger partial charge in [0.05, 0.1) is 11.0 Å². The fourth-order valence-electron chi connectivity index (χ4n) is 3.39. The number of aldehydes is 1. The second-order valence-electron chi connectivity index (χ2n) is 6.25. The lowest BCUT2D eigenvalue weighted by atomic mass is 10.2. The number of fused-ring (bicyclic) bond motifs is 3. The molecule has 2 N–H and O–H groups in total. The lowest BCUT2D eigenvalue weighted by molar-refractivity contribution is 0.112. The van der Waals surface area contributed by atoms with Crippen LogP contribution in [0.25, 0.3) is 21.8 Å². The fourth-order valence-corrected chi connectivity index (χ4v) is 3.39. The molecule has 0 amide bonds. The van der Waals surface area contributed by atoms with Gasteiger partial charge in [-0.25, -0.2) is 0 Å². The Labute approximate surface area is 159 Å². The molecule has 4 rings (SSSR count). The molecule has 3 aromatic carbocycles. The molecule has 0 atom stereocenters. The summed E-state index contributed by atoms with van der Waals surface area (Å²) >= 11 is 0. The maximum absolute atomic E-state index is 10.7. The third-order valence-corrected chi connectivity index (χ3v) is 4.79. The maximum atomic E-state index is 10.7. The van der Waals surface area contributed by atoms with Gasteiger partial charge >= 0.3 is 0 Å². The Balaban J connectivity index is 0.000000157. The average Bonchev–Trinajstić information content (AvgIpc) is 3.03. The summed E-state index contributed by atoms with van der Waals surface area (Å²) < 4.78 is 1.74. The van der Waals surface area contributed by atoms with E-state index in [-0.39, 0.29) is 0 Å². The molecule has 4 aromatic rings. The Morgan fingerprint density at radius 3 is 1.81 bits per heavy atom. The number of benzene rings is 3. The van der Waals surface area contributed by atoms with Crippen LogP contribution in [0.3, 0.4) is 0 Å². The van der Waals surface area contributed by atoms with Crippen LogP contribution in [0, 0.1) is 0 Å². The largest absolute Gasteiger partial charge is 0.372 e. The van der Waals surface area contributed by atoms with Gasteiger partial charge in [-0.15, -0.1) is 0 Å². The first-order chi connectivity index (χ1) is 13.2. The van der Waals surface area contributed by atoms with Crippen LogP contribution in [0.4, 0.5) is 5.69 Å². The molecule has 27 heavy (non-hydrogen) atoms. The zero-order valence-corrected chi connectivity index (χ0v) is 15.8. The number of hydrogen-bond donors (Lipinski definition) is 1. The lowest BCUT2D eigenvalue weighted by Crippen LogP contribution is -2.22. The minimum absolute atomic E-state index is 0.770. The Hall–Kier alpha value is -3.27. The molecule has 0 bridgehead atoms. The van der Waals surface area contributed by atoms with Crippen molar-refractivity contribution in [2.24, 2.45) is 0 Å². The molecule has 1 heterocycles. The summed E-state index contributed by atoms with van der Waals surface area (Å²) in [4.78, 5) is 12.9. The predicted octanol–water partition coefficient (Wildman–Crippen LogP) is 4.85. The summed E-state index contributed by atoms with van der Waals surface area (Å²) in [5, 5.41) is 2.43. The summed E-state index contributed by atoms with van der Waals surface area (Å²) in [5.74, 6) is 5.99. The number of aromatic nitrogens is 1. The minimum Gasteiger partial charge on any atom is -0.372 e. The Morgan fingerprint density at radius 2 is 1.30 bits per heavy atom. The highest BCUT2D eigenvalue weighted by Crippen LogP contribution is 2.26. The highest BCUT2D eigenvalue weighted by Gasteiger charge is 2.06. The van der Waals surface area contributed by atoms with Crippen LogP contribution in [0.2, 0.25) is 0 Å². The van der Waals surface area contributed by atoms with Gasteiger partial charge in [-0.2, -0.15) is 0 Å². The third kappa shape index (κ3) is 3.65. The summed E-state index contributed by atoms with van der Waals surface area (Å²) in [6.07, 6.45) is 0.910. The van der Waals surface area contributed by atoms with Crippen molar-refractivity contribution in [3.8, 4) is 0 Å². The van der Waals surface area contributed by atoms with E-state index in [4.69, 9.17) is 5.84 Å². The van der Waals surface area contributed by atoms with E-state index >= 15 is 0 Å². The molecular weight excluding hydrogens is 334 g/mol. The van der Waals surface area contributed by atoms with Crippen molar-refractivity contribution in [2.75, 3.05) is 23.8 Å². The molecule has 0 fully saturated rings. The van der Waals surface area contributed by atoms with Gasteiger partial charge in [-0.05, 0) is 38.1 Å². The van der Waals surface area contributed by atoms with Crippen molar-refractivity contribution in [1.82, 2.24) is 4.68 Å². The number of carbonyl (C=O) groups is 1. The van der Waals surface area contributed by atoms with Gasteiger partial charge < -0.3 is 10.7 Å². The number of rotatable bonds is 4. The first kappa shape index (κ1) is 18.5. The molecule has 0 aliphatic rings. The molecule has 0 radical (unpaired) electrons. The van der Waals surface area contributed by atoms with Crippen molar-refractivity contribution in [3.63, 3.8) is 0 Å². The van der Waals surface area contributed by atoms with Crippen LogP contribution < -0.4 is 10.7 Å². The highest BCUT2D eigenvalue weighted by atomic mass is 16.1. The molecule has 0 saturated carbocycles. The molecule has 0 spiro atoms. The number of nitrogen functional groups attached to an aromatic ring is 1. The normalized spacial score (nSPS) is 10.4. The summed E-state index contributed by atoms with van der Waals surface area (Å²) in [7, 11) is 0. The van der Waals surface area contributed by atoms with Crippen LogP contribution in [-0.2, 0) is 0 Å². The van der Waals surface area contributed by atoms with Crippen molar-refractivity contribution in [3.05, 3.63) is 78.4 Å². The highest BCUT2D eigenvalue weighted by molar-refractivity contribution is 6.07. The molecule has 138 valence electrons. The van der Waals surface area contributed by atoms with Gasteiger partial charge in [0.25, 0.3) is 0 Å². The monoisotopic (exact) mass is 359 g/mol. The van der Waals surface area contributed by atoms with E-state index in [9.17, 15) is 4.79 Å². The molecule has 0 aliphatic carbocycles. The Bertz CT molecular complexity index is 995. The van der Waals surface area contributed by atoms with Crippen molar-refractivity contribution >= 4 is 33.8 Å². The molecular formula is C23H25N3O. The van der Waals surface area contributed by atoms with Crippen molar-refractivity contribution in [1.29, 1.82) is 0 Å². The van der Waals surface area contributed by atoms with Gasteiger partial charge in [0.1, 0.15) is 0 Å². The average molecular weight is 359 g/mol. The minimum atomic E-state index is 0.770. The molecule has 0 saturated heterocycles. The molecule has 4 heteroatoms. The van der Waals surface area contributed by atoms with E-state index in [1.54, 1.807) is 4.68 Å². The number of hydrogen-bond acceptors (Lipinski definition) is 3. The van der Waals surface area contributed by atoms with Crippen LogP contribution in [0.15, 0.2) is 72.8 Å². The SMILES string of the molecule is CCN(CC)c1ccccc1C=O.Nn1c2ccccc2c2ccccc21. The zero-order chi connectivity index (χ0) is 19.2. The van der Waals surface area contributed by atoms with Gasteiger partial charge in [-0.3, -0.25) is 9.47 Å². The third-order valence-electron chi connectivity index (χ3n) is 4.79. The summed E-state index contributed by atoms with van der Waals surface area (Å²) in [6, 6.07) is 24.0. The fraction of sp³-hybridized carbons (Fsp3) is 0.174. The lowest BCUT2D eigenvalue weighted by Gasteiger charge is -2.22. The zero-order valence-electron chi connectivity index (χ0n) is 15.8. The molecule has 0 aliphatic heterocycles. The van der Waals surface area contributed by atoms with E-state index in [1.165, 1.54) is 10.8 Å². The first-order valence-electron chi connectivity index (χ1n) is 9.23. The number of para-hydroxylation sites is 3. The Kier molecular flexibility index (Phi) is 5.77. The topological polar surface area (TPSA) is 51.3 Å². The van der Waals surface area contributed by atoms with Crippen LogP contribution in [-0.4, -0.2) is 24.1 Å². The first-order valence-corrected chi connectivity index (χ1v) is 9.23. The van der Waals surface area contributed by atoms with E-state index in [0.29, 0.717) is 0 Å². The molecule has 1 aromatic heterocycles. The Morgan fingerprint density at radius 1 is 0.815 bits per heavy atom. The number of carbonyl (C=O) groups excluding carboxylic acids is 1. The maximum Gasteiger partial charge on any atom is 0.152 e. The van der Waals surface area contributed by atoms with E-state index in [1.807, 2.05) is 60.7 Å².